The lowest BCUT2D eigenvalue weighted by Gasteiger charge is -2.24. The van der Waals surface area contributed by atoms with Gasteiger partial charge in [0.25, 0.3) is 0 Å². The van der Waals surface area contributed by atoms with Crippen LogP contribution in [0.25, 0.3) is 0 Å². The summed E-state index contributed by atoms with van der Waals surface area (Å²) in [5, 5.41) is 0. The summed E-state index contributed by atoms with van der Waals surface area (Å²) < 4.78 is 28.6. The first-order valence-electron chi connectivity index (χ1n) is 12.5. The molecule has 0 bridgehead atoms. The fraction of sp³-hybridized carbons (Fsp3) is 0.379. The molecule has 0 unspecified atom stereocenters. The number of benzene rings is 2. The number of aromatic nitrogens is 1. The van der Waals surface area contributed by atoms with Crippen LogP contribution in [0.3, 0.4) is 0 Å². The predicted octanol–water partition coefficient (Wildman–Crippen LogP) is 5.42. The summed E-state index contributed by atoms with van der Waals surface area (Å²) in [6.45, 7) is 1.64. The number of aryl methyl sites for hydroxylation is 1. The highest BCUT2D eigenvalue weighted by Crippen LogP contribution is 2.40. The van der Waals surface area contributed by atoms with E-state index in [0.717, 1.165) is 30.4 Å². The molecule has 0 saturated carbocycles. The van der Waals surface area contributed by atoms with Crippen molar-refractivity contribution in [2.45, 2.75) is 38.6 Å². The fourth-order valence-corrected chi connectivity index (χ4v) is 4.42. The van der Waals surface area contributed by atoms with Crippen molar-refractivity contribution in [3.05, 3.63) is 65.9 Å². The van der Waals surface area contributed by atoms with Gasteiger partial charge in [0.2, 0.25) is 17.5 Å². The number of fused-ring (bicyclic) bond motifs is 2. The number of rotatable bonds is 6. The second-order valence-electron chi connectivity index (χ2n) is 8.73. The Kier molecular flexibility index (Phi) is 9.08. The highest BCUT2D eigenvalue weighted by molar-refractivity contribution is 5.77. The van der Waals surface area contributed by atoms with Crippen LogP contribution in [0.4, 0.5) is 0 Å². The molecule has 2 aromatic carbocycles. The minimum Gasteiger partial charge on any atom is -0.493 e. The maximum Gasteiger partial charge on any atom is 0.224 e. The zero-order chi connectivity index (χ0) is 26.0. The number of hydrogen-bond donors (Lipinski definition) is 0. The second-order valence-corrected chi connectivity index (χ2v) is 8.73. The lowest BCUT2D eigenvalue weighted by molar-refractivity contribution is -0.131. The van der Waals surface area contributed by atoms with Gasteiger partial charge in [0.1, 0.15) is 0 Å². The van der Waals surface area contributed by atoms with Gasteiger partial charge in [-0.25, -0.2) is 4.98 Å². The first-order chi connectivity index (χ1) is 18.1. The first kappa shape index (κ1) is 26.1. The van der Waals surface area contributed by atoms with Crippen molar-refractivity contribution in [3.8, 4) is 34.6 Å². The van der Waals surface area contributed by atoms with E-state index in [1.807, 2.05) is 53.4 Å². The third kappa shape index (κ3) is 6.44. The zero-order valence-electron chi connectivity index (χ0n) is 21.7. The van der Waals surface area contributed by atoms with Crippen LogP contribution in [-0.2, 0) is 17.8 Å². The van der Waals surface area contributed by atoms with E-state index in [0.29, 0.717) is 67.2 Å². The van der Waals surface area contributed by atoms with Gasteiger partial charge < -0.3 is 28.6 Å². The fourth-order valence-electron chi connectivity index (χ4n) is 4.42. The van der Waals surface area contributed by atoms with Gasteiger partial charge in [-0.1, -0.05) is 24.3 Å². The molecule has 196 valence electrons. The van der Waals surface area contributed by atoms with Crippen LogP contribution in [0, 0.1) is 0 Å². The molecular formula is C29H34N2O6. The first-order valence-corrected chi connectivity index (χ1v) is 12.5. The third-order valence-corrected chi connectivity index (χ3v) is 6.34. The van der Waals surface area contributed by atoms with Crippen LogP contribution in [0.5, 0.6) is 34.6 Å². The Labute approximate surface area is 218 Å². The Balaban J connectivity index is 1.54. The van der Waals surface area contributed by atoms with Crippen molar-refractivity contribution in [2.24, 2.45) is 0 Å². The molecule has 8 nitrogen and oxygen atoms in total. The molecule has 0 fully saturated rings. The summed E-state index contributed by atoms with van der Waals surface area (Å²) in [5.41, 5.74) is 1.73. The average molecular weight is 507 g/mol. The van der Waals surface area contributed by atoms with Crippen LogP contribution in [0.2, 0.25) is 0 Å². The van der Waals surface area contributed by atoms with E-state index in [2.05, 4.69) is 4.98 Å². The Morgan fingerprint density at radius 1 is 0.919 bits per heavy atom. The molecule has 0 saturated heterocycles. The van der Waals surface area contributed by atoms with E-state index in [-0.39, 0.29) is 5.91 Å². The summed E-state index contributed by atoms with van der Waals surface area (Å²) >= 11 is 0. The molecule has 0 spiro atoms. The van der Waals surface area contributed by atoms with E-state index in [1.54, 1.807) is 27.5 Å². The molecule has 3 aromatic rings. The standard InChI is InChI=1S/C29H34N2O6/c1-33-25-15-13-21(27(34-2)28(25)35-3)14-16-26(32)31-18-7-4-8-19-36-23-11-5-6-12-24(23)37-29-22(20-31)10-9-17-30-29/h5-6,9-13,15,17H,4,7-8,14,16,18-20H2,1-3H3. The molecule has 2 heterocycles. The maximum absolute atomic E-state index is 13.5. The molecule has 0 atom stereocenters. The minimum absolute atomic E-state index is 0.0539. The van der Waals surface area contributed by atoms with E-state index >= 15 is 0 Å². The number of methoxy groups -OCH3 is 3. The smallest absolute Gasteiger partial charge is 0.224 e. The van der Waals surface area contributed by atoms with Crippen molar-refractivity contribution in [3.63, 3.8) is 0 Å². The number of amides is 1. The maximum atomic E-state index is 13.5. The number of carbonyl (C=O) groups excluding carboxylic acids is 1. The average Bonchev–Trinajstić information content (AvgIpc) is 2.95. The highest BCUT2D eigenvalue weighted by Gasteiger charge is 2.21. The topological polar surface area (TPSA) is 79.4 Å². The molecule has 1 aliphatic rings. The number of para-hydroxylation sites is 2. The number of pyridine rings is 1. The summed E-state index contributed by atoms with van der Waals surface area (Å²) in [7, 11) is 4.75. The molecule has 4 rings (SSSR count). The van der Waals surface area contributed by atoms with Gasteiger partial charge in [0.15, 0.2) is 23.0 Å². The zero-order valence-corrected chi connectivity index (χ0v) is 21.7. The van der Waals surface area contributed by atoms with Gasteiger partial charge in [-0.15, -0.1) is 0 Å². The molecular weight excluding hydrogens is 472 g/mol. The Morgan fingerprint density at radius 3 is 2.51 bits per heavy atom. The van der Waals surface area contributed by atoms with Crippen LogP contribution in [0.15, 0.2) is 54.7 Å². The molecule has 1 aliphatic heterocycles. The van der Waals surface area contributed by atoms with Gasteiger partial charge in [-0.3, -0.25) is 4.79 Å². The lowest BCUT2D eigenvalue weighted by atomic mass is 10.1. The number of carbonyl (C=O) groups is 1. The normalized spacial score (nSPS) is 13.9. The van der Waals surface area contributed by atoms with Gasteiger partial charge in [0, 0.05) is 24.7 Å². The van der Waals surface area contributed by atoms with Gasteiger partial charge in [-0.05, 0) is 55.5 Å². The van der Waals surface area contributed by atoms with Gasteiger partial charge in [-0.2, -0.15) is 0 Å². The van der Waals surface area contributed by atoms with Crippen molar-refractivity contribution in [1.82, 2.24) is 9.88 Å². The van der Waals surface area contributed by atoms with E-state index < -0.39 is 0 Å². The minimum atomic E-state index is 0.0539. The van der Waals surface area contributed by atoms with Crippen molar-refractivity contribution >= 4 is 5.91 Å². The SMILES string of the molecule is COc1ccc(CCC(=O)N2CCCCCOc3ccccc3Oc3ncccc3C2)c(OC)c1OC. The third-order valence-electron chi connectivity index (χ3n) is 6.34. The van der Waals surface area contributed by atoms with Crippen molar-refractivity contribution < 1.29 is 28.5 Å². The van der Waals surface area contributed by atoms with Crippen LogP contribution in [-0.4, -0.2) is 50.3 Å². The van der Waals surface area contributed by atoms with Crippen molar-refractivity contribution in [2.75, 3.05) is 34.5 Å². The van der Waals surface area contributed by atoms with Crippen LogP contribution < -0.4 is 23.7 Å². The molecule has 37 heavy (non-hydrogen) atoms. The summed E-state index contributed by atoms with van der Waals surface area (Å²) in [6.07, 6.45) is 5.26. The van der Waals surface area contributed by atoms with Crippen molar-refractivity contribution in [1.29, 1.82) is 0 Å². The second kappa shape index (κ2) is 12.9. The Bertz CT molecular complexity index is 1200. The van der Waals surface area contributed by atoms with E-state index in [9.17, 15) is 4.79 Å². The van der Waals surface area contributed by atoms with E-state index in [1.165, 1.54) is 0 Å². The molecule has 1 aromatic heterocycles. The summed E-state index contributed by atoms with van der Waals surface area (Å²) in [4.78, 5) is 19.8. The highest BCUT2D eigenvalue weighted by atomic mass is 16.5. The van der Waals surface area contributed by atoms with Gasteiger partial charge >= 0.3 is 0 Å². The Morgan fingerprint density at radius 2 is 1.73 bits per heavy atom. The monoisotopic (exact) mass is 506 g/mol. The van der Waals surface area contributed by atoms with Gasteiger partial charge in [0.05, 0.1) is 34.5 Å². The van der Waals surface area contributed by atoms with E-state index in [4.69, 9.17) is 23.7 Å². The molecule has 8 heteroatoms. The van der Waals surface area contributed by atoms with Crippen LogP contribution >= 0.6 is 0 Å². The summed E-state index contributed by atoms with van der Waals surface area (Å²) in [6, 6.07) is 15.2. The Hall–Kier alpha value is -3.94. The predicted molar refractivity (Wildman–Crippen MR) is 140 cm³/mol. The quantitative estimate of drug-likeness (QED) is 0.441. The number of ether oxygens (including phenoxy) is 5. The number of nitrogens with zero attached hydrogens (tertiary/aromatic N) is 2. The molecule has 1 amide bonds. The molecule has 0 N–H and O–H groups in total. The summed E-state index contributed by atoms with van der Waals surface area (Å²) in [5.74, 6) is 3.52. The largest absolute Gasteiger partial charge is 0.493 e. The molecule has 0 aliphatic carbocycles. The molecule has 0 radical (unpaired) electrons. The van der Waals surface area contributed by atoms with Crippen LogP contribution in [0.1, 0.15) is 36.8 Å². The lowest BCUT2D eigenvalue weighted by Crippen LogP contribution is -2.32. The number of hydrogen-bond acceptors (Lipinski definition) is 7.